The summed E-state index contributed by atoms with van der Waals surface area (Å²) in [5.74, 6) is 1.82. The van der Waals surface area contributed by atoms with Crippen molar-refractivity contribution in [2.75, 3.05) is 0 Å². The molecule has 90 valence electrons. The number of furan rings is 1. The van der Waals surface area contributed by atoms with Gasteiger partial charge in [-0.1, -0.05) is 23.8 Å². The number of aryl methyl sites for hydroxylation is 4. The Morgan fingerprint density at radius 3 is 2.24 bits per heavy atom. The normalized spacial score (nSPS) is 12.8. The SMILES string of the molecule is Cc1ccc(C(Cl)c2cc(C)oc2C)c(C)c1. The molecule has 0 bridgehead atoms. The monoisotopic (exact) mass is 248 g/mol. The van der Waals surface area contributed by atoms with Crippen molar-refractivity contribution >= 4 is 11.6 Å². The van der Waals surface area contributed by atoms with Gasteiger partial charge in [-0.05, 0) is 44.9 Å². The zero-order chi connectivity index (χ0) is 12.6. The van der Waals surface area contributed by atoms with Gasteiger partial charge in [0.1, 0.15) is 11.5 Å². The van der Waals surface area contributed by atoms with Crippen LogP contribution in [-0.2, 0) is 0 Å². The lowest BCUT2D eigenvalue weighted by atomic mass is 9.98. The van der Waals surface area contributed by atoms with Crippen molar-refractivity contribution in [2.24, 2.45) is 0 Å². The minimum absolute atomic E-state index is 0.131. The molecule has 0 amide bonds. The van der Waals surface area contributed by atoms with E-state index in [1.54, 1.807) is 0 Å². The zero-order valence-electron chi connectivity index (χ0n) is 10.7. The summed E-state index contributed by atoms with van der Waals surface area (Å²) in [6, 6.07) is 8.38. The lowest BCUT2D eigenvalue weighted by Crippen LogP contribution is -1.97. The molecule has 2 aromatic rings. The van der Waals surface area contributed by atoms with Crippen molar-refractivity contribution in [1.29, 1.82) is 0 Å². The second-order valence-electron chi connectivity index (χ2n) is 4.59. The molecule has 0 radical (unpaired) electrons. The average molecular weight is 249 g/mol. The third-order valence-corrected chi connectivity index (χ3v) is 3.52. The minimum atomic E-state index is -0.131. The predicted octanol–water partition coefficient (Wildman–Crippen LogP) is 4.84. The van der Waals surface area contributed by atoms with Crippen LogP contribution < -0.4 is 0 Å². The molecule has 17 heavy (non-hydrogen) atoms. The first kappa shape index (κ1) is 12.3. The van der Waals surface area contributed by atoms with Crippen LogP contribution >= 0.6 is 11.6 Å². The molecule has 0 N–H and O–H groups in total. The predicted molar refractivity (Wildman–Crippen MR) is 71.8 cm³/mol. The summed E-state index contributed by atoms with van der Waals surface area (Å²) in [4.78, 5) is 0. The van der Waals surface area contributed by atoms with E-state index in [2.05, 4.69) is 32.0 Å². The van der Waals surface area contributed by atoms with Crippen LogP contribution in [0.25, 0.3) is 0 Å². The molecule has 1 unspecified atom stereocenters. The van der Waals surface area contributed by atoms with Crippen molar-refractivity contribution in [1.82, 2.24) is 0 Å². The molecule has 0 fully saturated rings. The topological polar surface area (TPSA) is 13.1 Å². The summed E-state index contributed by atoms with van der Waals surface area (Å²) >= 11 is 6.55. The molecule has 0 aliphatic carbocycles. The molecule has 0 spiro atoms. The van der Waals surface area contributed by atoms with E-state index in [0.29, 0.717) is 0 Å². The Morgan fingerprint density at radius 2 is 1.71 bits per heavy atom. The van der Waals surface area contributed by atoms with Crippen molar-refractivity contribution < 1.29 is 4.42 Å². The van der Waals surface area contributed by atoms with Crippen LogP contribution in [0.3, 0.4) is 0 Å². The molecular formula is C15H17ClO. The van der Waals surface area contributed by atoms with Crippen molar-refractivity contribution in [3.8, 4) is 0 Å². The van der Waals surface area contributed by atoms with Crippen LogP contribution in [0.4, 0.5) is 0 Å². The fraction of sp³-hybridized carbons (Fsp3) is 0.333. The van der Waals surface area contributed by atoms with Crippen molar-refractivity contribution in [3.05, 3.63) is 58.0 Å². The van der Waals surface area contributed by atoms with E-state index in [9.17, 15) is 0 Å². The second kappa shape index (κ2) is 4.58. The van der Waals surface area contributed by atoms with Gasteiger partial charge in [-0.3, -0.25) is 0 Å². The highest BCUT2D eigenvalue weighted by molar-refractivity contribution is 6.22. The first-order chi connectivity index (χ1) is 7.99. The van der Waals surface area contributed by atoms with E-state index in [1.165, 1.54) is 11.1 Å². The number of rotatable bonds is 2. The Balaban J connectivity index is 2.43. The van der Waals surface area contributed by atoms with Crippen LogP contribution in [-0.4, -0.2) is 0 Å². The number of alkyl halides is 1. The highest BCUT2D eigenvalue weighted by Crippen LogP contribution is 2.34. The summed E-state index contributed by atoms with van der Waals surface area (Å²) in [7, 11) is 0. The van der Waals surface area contributed by atoms with E-state index in [0.717, 1.165) is 22.6 Å². The van der Waals surface area contributed by atoms with E-state index >= 15 is 0 Å². The van der Waals surface area contributed by atoms with E-state index in [-0.39, 0.29) is 5.38 Å². The molecule has 1 atom stereocenters. The summed E-state index contributed by atoms with van der Waals surface area (Å²) in [6.45, 7) is 8.09. The van der Waals surface area contributed by atoms with Crippen LogP contribution in [0.1, 0.15) is 39.2 Å². The molecule has 1 heterocycles. The molecule has 1 aromatic carbocycles. The van der Waals surface area contributed by atoms with Gasteiger partial charge in [-0.2, -0.15) is 0 Å². The van der Waals surface area contributed by atoms with Gasteiger partial charge in [0.25, 0.3) is 0 Å². The molecule has 1 nitrogen and oxygen atoms in total. The first-order valence-electron chi connectivity index (χ1n) is 5.77. The minimum Gasteiger partial charge on any atom is -0.466 e. The fourth-order valence-corrected chi connectivity index (χ4v) is 2.64. The van der Waals surface area contributed by atoms with Gasteiger partial charge in [0.15, 0.2) is 0 Å². The van der Waals surface area contributed by atoms with Crippen LogP contribution in [0.5, 0.6) is 0 Å². The lowest BCUT2D eigenvalue weighted by molar-refractivity contribution is 0.501. The summed E-state index contributed by atoms with van der Waals surface area (Å²) in [6.07, 6.45) is 0. The third kappa shape index (κ3) is 2.39. The fourth-order valence-electron chi connectivity index (χ4n) is 2.18. The number of hydrogen-bond acceptors (Lipinski definition) is 1. The zero-order valence-corrected chi connectivity index (χ0v) is 11.4. The van der Waals surface area contributed by atoms with Gasteiger partial charge in [0, 0.05) is 5.56 Å². The smallest absolute Gasteiger partial charge is 0.106 e. The Labute approximate surface area is 107 Å². The van der Waals surface area contributed by atoms with Crippen LogP contribution in [0, 0.1) is 27.7 Å². The Hall–Kier alpha value is -1.21. The molecule has 1 aromatic heterocycles. The summed E-state index contributed by atoms with van der Waals surface area (Å²) in [5.41, 5.74) is 4.70. The Bertz CT molecular complexity index is 540. The van der Waals surface area contributed by atoms with Gasteiger partial charge in [0.05, 0.1) is 5.38 Å². The van der Waals surface area contributed by atoms with Crippen LogP contribution in [0.2, 0.25) is 0 Å². The third-order valence-electron chi connectivity index (χ3n) is 3.05. The number of benzene rings is 1. The molecule has 0 saturated carbocycles. The van der Waals surface area contributed by atoms with E-state index in [4.69, 9.17) is 16.0 Å². The van der Waals surface area contributed by atoms with Gasteiger partial charge in [-0.15, -0.1) is 11.6 Å². The molecule has 0 aliphatic heterocycles. The molecule has 2 rings (SSSR count). The van der Waals surface area contributed by atoms with E-state index in [1.807, 2.05) is 19.9 Å². The van der Waals surface area contributed by atoms with Gasteiger partial charge >= 0.3 is 0 Å². The van der Waals surface area contributed by atoms with Crippen molar-refractivity contribution in [3.63, 3.8) is 0 Å². The first-order valence-corrected chi connectivity index (χ1v) is 6.21. The summed E-state index contributed by atoms with van der Waals surface area (Å²) in [5, 5.41) is -0.131. The molecule has 0 aliphatic rings. The molecule has 0 saturated heterocycles. The Kier molecular flexibility index (Phi) is 3.30. The summed E-state index contributed by atoms with van der Waals surface area (Å²) < 4.78 is 5.54. The highest BCUT2D eigenvalue weighted by Gasteiger charge is 2.18. The maximum Gasteiger partial charge on any atom is 0.106 e. The standard InChI is InChI=1S/C15H17ClO/c1-9-5-6-13(10(2)7-9)15(16)14-8-11(3)17-12(14)4/h5-8,15H,1-4H3. The molecule has 2 heteroatoms. The largest absolute Gasteiger partial charge is 0.466 e. The molecular weight excluding hydrogens is 232 g/mol. The number of halogens is 1. The van der Waals surface area contributed by atoms with Gasteiger partial charge in [0.2, 0.25) is 0 Å². The lowest BCUT2D eigenvalue weighted by Gasteiger charge is -2.12. The van der Waals surface area contributed by atoms with E-state index < -0.39 is 0 Å². The van der Waals surface area contributed by atoms with Gasteiger partial charge in [-0.25, -0.2) is 0 Å². The maximum atomic E-state index is 6.55. The second-order valence-corrected chi connectivity index (χ2v) is 5.03. The van der Waals surface area contributed by atoms with Crippen LogP contribution in [0.15, 0.2) is 28.7 Å². The Morgan fingerprint density at radius 1 is 1.00 bits per heavy atom. The quantitative estimate of drug-likeness (QED) is 0.693. The maximum absolute atomic E-state index is 6.55. The van der Waals surface area contributed by atoms with Gasteiger partial charge < -0.3 is 4.42 Å². The van der Waals surface area contributed by atoms with Crippen molar-refractivity contribution in [2.45, 2.75) is 33.1 Å². The number of hydrogen-bond donors (Lipinski definition) is 0. The highest BCUT2D eigenvalue weighted by atomic mass is 35.5. The average Bonchev–Trinajstić information content (AvgIpc) is 2.57.